The smallest absolute Gasteiger partial charge is 0.375 e. The van der Waals surface area contributed by atoms with Crippen molar-refractivity contribution in [2.75, 3.05) is 0 Å². The molecule has 0 atom stereocenters. The van der Waals surface area contributed by atoms with Crippen LogP contribution in [0.4, 0.5) is 11.4 Å². The van der Waals surface area contributed by atoms with Gasteiger partial charge in [-0.2, -0.15) is 0 Å². The molecule has 0 radical (unpaired) electrons. The zero-order valence-electron chi connectivity index (χ0n) is 15.7. The first kappa shape index (κ1) is 22.0. The number of fused-ring (bicyclic) bond motifs is 2. The Kier molecular flexibility index (Phi) is 6.57. The molecule has 0 spiro atoms. The number of rotatable bonds is 2. The average molecular weight is 457 g/mol. The summed E-state index contributed by atoms with van der Waals surface area (Å²) in [6, 6.07) is 0. The first-order valence-electron chi connectivity index (χ1n) is 9.34. The van der Waals surface area contributed by atoms with Gasteiger partial charge < -0.3 is 10.1 Å². The van der Waals surface area contributed by atoms with Gasteiger partial charge >= 0.3 is 16.9 Å². The normalized spacial score (nSPS) is 14.7. The molecule has 0 bridgehead atoms. The quantitative estimate of drug-likeness (QED) is 0.392. The second kappa shape index (κ2) is 8.97. The molecule has 4 rings (SSSR count). The number of aryl methyl sites for hydroxylation is 2. The second-order valence-electron chi connectivity index (χ2n) is 7.03. The molecule has 0 amide bonds. The molecule has 0 fully saturated rings. The molecule has 12 heteroatoms. The summed E-state index contributed by atoms with van der Waals surface area (Å²) >= 11 is 11.7. The monoisotopic (exact) mass is 456 g/mol. The predicted molar refractivity (Wildman–Crippen MR) is 110 cm³/mol. The molecule has 2 aromatic rings. The lowest BCUT2D eigenvalue weighted by Gasteiger charge is -2.15. The fraction of sp³-hybridized carbons (Fsp3) is 0.444. The largest absolute Gasteiger partial charge is 0.502 e. The summed E-state index contributed by atoms with van der Waals surface area (Å²) in [4.78, 5) is 37.7. The number of aromatic hydroxyl groups is 1. The summed E-state index contributed by atoms with van der Waals surface area (Å²) in [7, 11) is 0. The van der Waals surface area contributed by atoms with E-state index >= 15 is 0 Å². The number of halogens is 2. The molecule has 0 saturated carbocycles. The van der Waals surface area contributed by atoms with Gasteiger partial charge in [-0.25, -0.2) is 4.98 Å². The van der Waals surface area contributed by atoms with Gasteiger partial charge in [0.15, 0.2) is 0 Å². The summed E-state index contributed by atoms with van der Waals surface area (Å²) in [5.74, 6) is -0.460. The number of pyridine rings is 2. The minimum absolute atomic E-state index is 0.106. The molecular formula is C18H18Cl2N4O6. The molecule has 0 aliphatic heterocycles. The van der Waals surface area contributed by atoms with Crippen molar-refractivity contribution >= 4 is 34.6 Å². The molecular weight excluding hydrogens is 439 g/mol. The number of aromatic nitrogens is 2. The molecule has 2 N–H and O–H groups in total. The molecule has 2 aliphatic rings. The summed E-state index contributed by atoms with van der Waals surface area (Å²) < 4.78 is 0. The average Bonchev–Trinajstić information content (AvgIpc) is 2.68. The first-order valence-corrected chi connectivity index (χ1v) is 10.1. The molecule has 2 aliphatic carbocycles. The summed E-state index contributed by atoms with van der Waals surface area (Å²) in [6.07, 6.45) is 6.63. The maximum atomic E-state index is 11.3. The van der Waals surface area contributed by atoms with Crippen molar-refractivity contribution < 1.29 is 15.0 Å². The van der Waals surface area contributed by atoms with Crippen molar-refractivity contribution in [3.63, 3.8) is 0 Å². The fourth-order valence-electron chi connectivity index (χ4n) is 3.73. The zero-order chi connectivity index (χ0) is 22.0. The van der Waals surface area contributed by atoms with Gasteiger partial charge in [0.2, 0.25) is 10.9 Å². The highest BCUT2D eigenvalue weighted by Gasteiger charge is 2.27. The van der Waals surface area contributed by atoms with Crippen LogP contribution in [0.15, 0.2) is 4.79 Å². The van der Waals surface area contributed by atoms with Gasteiger partial charge in [0.25, 0.3) is 0 Å². The van der Waals surface area contributed by atoms with Gasteiger partial charge in [-0.05, 0) is 56.9 Å². The molecule has 0 unspecified atom stereocenters. The molecule has 2 aromatic heterocycles. The maximum absolute atomic E-state index is 11.3. The number of aromatic amines is 1. The summed E-state index contributed by atoms with van der Waals surface area (Å²) in [5.41, 5.74) is 0.926. The third kappa shape index (κ3) is 4.24. The van der Waals surface area contributed by atoms with E-state index < -0.39 is 26.8 Å². The van der Waals surface area contributed by atoms with E-state index in [-0.39, 0.29) is 15.9 Å². The van der Waals surface area contributed by atoms with E-state index in [2.05, 4.69) is 9.97 Å². The van der Waals surface area contributed by atoms with E-state index in [9.17, 15) is 30.1 Å². The van der Waals surface area contributed by atoms with E-state index in [1.807, 2.05) is 0 Å². The lowest BCUT2D eigenvalue weighted by molar-refractivity contribution is -0.387. The number of hydrogen-bond acceptors (Lipinski definition) is 7. The van der Waals surface area contributed by atoms with E-state index in [0.29, 0.717) is 24.1 Å². The predicted octanol–water partition coefficient (Wildman–Crippen LogP) is 4.04. The Balaban J connectivity index is 0.000000171. The van der Waals surface area contributed by atoms with Gasteiger partial charge in [-0.15, -0.1) is 0 Å². The van der Waals surface area contributed by atoms with Crippen LogP contribution in [-0.4, -0.2) is 24.9 Å². The number of nitro groups is 2. The minimum atomic E-state index is -0.844. The standard InChI is InChI=1S/C9H8Cl2N2O2.C9H10N2O4/c10-7-5-3-1-2-4-6(5)12-9(11)8(7)13(14)15;12-8-5-3-1-2-4-6(5)10-9(13)7(8)11(14)15/h1-4H2;1-4H2,(H2,10,12,13). The van der Waals surface area contributed by atoms with Gasteiger partial charge in [0.05, 0.1) is 9.85 Å². The Morgan fingerprint density at radius 3 is 2.10 bits per heavy atom. The van der Waals surface area contributed by atoms with E-state index in [0.717, 1.165) is 49.8 Å². The highest BCUT2D eigenvalue weighted by Crippen LogP contribution is 2.38. The lowest BCUT2D eigenvalue weighted by atomic mass is 9.95. The molecule has 0 saturated heterocycles. The van der Waals surface area contributed by atoms with Crippen LogP contribution in [-0.2, 0) is 25.7 Å². The van der Waals surface area contributed by atoms with Crippen molar-refractivity contribution in [1.82, 2.24) is 9.97 Å². The van der Waals surface area contributed by atoms with Crippen molar-refractivity contribution in [3.8, 4) is 5.75 Å². The van der Waals surface area contributed by atoms with Crippen LogP contribution in [0, 0.1) is 20.2 Å². The SMILES string of the molecule is O=[N+]([O-])c1c(Cl)nc2c(c1Cl)CCCC2.O=c1[nH]c2c(c(O)c1[N+](=O)[O-])CCCC2. The van der Waals surface area contributed by atoms with Gasteiger partial charge in [-0.3, -0.25) is 25.0 Å². The third-order valence-electron chi connectivity index (χ3n) is 5.16. The Hall–Kier alpha value is -2.72. The number of nitrogens with zero attached hydrogens (tertiary/aromatic N) is 3. The van der Waals surface area contributed by atoms with Gasteiger partial charge in [0, 0.05) is 17.0 Å². The molecule has 30 heavy (non-hydrogen) atoms. The van der Waals surface area contributed by atoms with Crippen LogP contribution in [0.5, 0.6) is 5.75 Å². The van der Waals surface area contributed by atoms with Crippen LogP contribution in [0.3, 0.4) is 0 Å². The Labute approximate surface area is 180 Å². The first-order chi connectivity index (χ1) is 14.2. The van der Waals surface area contributed by atoms with E-state index in [1.54, 1.807) is 0 Å². The molecule has 0 aromatic carbocycles. The summed E-state index contributed by atoms with van der Waals surface area (Å²) in [5, 5.41) is 31.0. The summed E-state index contributed by atoms with van der Waals surface area (Å²) in [6.45, 7) is 0. The molecule has 10 nitrogen and oxygen atoms in total. The highest BCUT2D eigenvalue weighted by molar-refractivity contribution is 6.38. The second-order valence-corrected chi connectivity index (χ2v) is 7.76. The molecule has 160 valence electrons. The highest BCUT2D eigenvalue weighted by atomic mass is 35.5. The Bertz CT molecular complexity index is 1090. The van der Waals surface area contributed by atoms with Gasteiger partial charge in [0.1, 0.15) is 5.02 Å². The molecule has 2 heterocycles. The van der Waals surface area contributed by atoms with Crippen molar-refractivity contribution in [3.05, 3.63) is 63.3 Å². The van der Waals surface area contributed by atoms with E-state index in [4.69, 9.17) is 23.2 Å². The number of hydrogen-bond donors (Lipinski definition) is 2. The van der Waals surface area contributed by atoms with Crippen LogP contribution >= 0.6 is 23.2 Å². The van der Waals surface area contributed by atoms with Gasteiger partial charge in [-0.1, -0.05) is 23.2 Å². The topological polar surface area (TPSA) is 152 Å². The van der Waals surface area contributed by atoms with Crippen LogP contribution < -0.4 is 5.56 Å². The Morgan fingerprint density at radius 2 is 1.47 bits per heavy atom. The van der Waals surface area contributed by atoms with E-state index in [1.165, 1.54) is 0 Å². The van der Waals surface area contributed by atoms with Crippen molar-refractivity contribution in [2.24, 2.45) is 0 Å². The van der Waals surface area contributed by atoms with Crippen LogP contribution in [0.2, 0.25) is 10.2 Å². The van der Waals surface area contributed by atoms with Crippen molar-refractivity contribution in [1.29, 1.82) is 0 Å². The van der Waals surface area contributed by atoms with Crippen LogP contribution in [0.1, 0.15) is 48.2 Å². The fourth-order valence-corrected chi connectivity index (χ4v) is 4.41. The maximum Gasteiger partial charge on any atom is 0.375 e. The minimum Gasteiger partial charge on any atom is -0.502 e. The number of H-pyrrole nitrogens is 1. The van der Waals surface area contributed by atoms with Crippen molar-refractivity contribution in [2.45, 2.75) is 51.4 Å². The van der Waals surface area contributed by atoms with Crippen LogP contribution in [0.25, 0.3) is 0 Å². The lowest BCUT2D eigenvalue weighted by Crippen LogP contribution is -2.18. The Morgan fingerprint density at radius 1 is 0.900 bits per heavy atom. The zero-order valence-corrected chi connectivity index (χ0v) is 17.3. The third-order valence-corrected chi connectivity index (χ3v) is 5.83. The number of nitrogens with one attached hydrogen (secondary N) is 1.